The quantitative estimate of drug-likeness (QED) is 0.848. The Morgan fingerprint density at radius 3 is 2.76 bits per heavy atom. The van der Waals surface area contributed by atoms with Crippen molar-refractivity contribution >= 4 is 0 Å². The highest BCUT2D eigenvalue weighted by Crippen LogP contribution is 2.12. The maximum absolute atomic E-state index is 4.33. The number of nitrogens with zero attached hydrogens (tertiary/aromatic N) is 3. The van der Waals surface area contributed by atoms with E-state index in [1.54, 1.807) is 4.68 Å². The number of aryl methyl sites for hydroxylation is 1. The van der Waals surface area contributed by atoms with Crippen LogP contribution in [0.25, 0.3) is 11.5 Å². The second kappa shape index (κ2) is 4.33. The fourth-order valence-electron chi connectivity index (χ4n) is 1.48. The maximum Gasteiger partial charge on any atom is 0.158 e. The van der Waals surface area contributed by atoms with E-state index in [-0.39, 0.29) is 5.54 Å². The Kier molecular flexibility index (Phi) is 3.02. The number of aromatic nitrogens is 4. The normalized spacial score (nSPS) is 12.0. The molecule has 0 unspecified atom stereocenters. The second-order valence-electron chi connectivity index (χ2n) is 5.24. The van der Waals surface area contributed by atoms with Gasteiger partial charge < -0.3 is 10.3 Å². The zero-order valence-corrected chi connectivity index (χ0v) is 10.8. The Bertz CT molecular complexity index is 489. The molecule has 5 heteroatoms. The average Bonchev–Trinajstić information content (AvgIpc) is 2.81. The first-order valence-electron chi connectivity index (χ1n) is 5.73. The van der Waals surface area contributed by atoms with Crippen LogP contribution in [-0.4, -0.2) is 25.3 Å². The van der Waals surface area contributed by atoms with Gasteiger partial charge in [0.1, 0.15) is 5.69 Å². The third-order valence-corrected chi connectivity index (χ3v) is 2.39. The molecule has 2 heterocycles. The molecule has 0 amide bonds. The summed E-state index contributed by atoms with van der Waals surface area (Å²) in [5.41, 5.74) is 2.05. The van der Waals surface area contributed by atoms with Crippen molar-refractivity contribution in [1.82, 2.24) is 25.1 Å². The molecule has 0 aliphatic heterocycles. The third-order valence-electron chi connectivity index (χ3n) is 2.39. The van der Waals surface area contributed by atoms with Gasteiger partial charge in [-0.1, -0.05) is 0 Å². The van der Waals surface area contributed by atoms with Crippen LogP contribution >= 0.6 is 0 Å². The first-order valence-corrected chi connectivity index (χ1v) is 5.73. The predicted molar refractivity (Wildman–Crippen MR) is 67.4 cm³/mol. The Morgan fingerprint density at radius 2 is 2.18 bits per heavy atom. The molecule has 0 aliphatic carbocycles. The Hall–Kier alpha value is -1.62. The number of rotatable bonds is 3. The first-order chi connectivity index (χ1) is 7.94. The van der Waals surface area contributed by atoms with Crippen molar-refractivity contribution in [3.8, 4) is 11.5 Å². The molecule has 0 saturated heterocycles. The lowest BCUT2D eigenvalue weighted by Crippen LogP contribution is -2.35. The summed E-state index contributed by atoms with van der Waals surface area (Å²) in [4.78, 5) is 7.59. The van der Waals surface area contributed by atoms with E-state index in [9.17, 15) is 0 Å². The second-order valence-corrected chi connectivity index (χ2v) is 5.24. The minimum atomic E-state index is 0.107. The summed E-state index contributed by atoms with van der Waals surface area (Å²) in [7, 11) is 1.90. The van der Waals surface area contributed by atoms with E-state index in [0.717, 1.165) is 23.8 Å². The predicted octanol–water partition coefficient (Wildman–Crippen LogP) is 1.70. The molecule has 0 fully saturated rings. The van der Waals surface area contributed by atoms with Gasteiger partial charge in [0.05, 0.1) is 6.20 Å². The molecule has 0 saturated carbocycles. The van der Waals surface area contributed by atoms with Gasteiger partial charge in [-0.2, -0.15) is 5.10 Å². The highest BCUT2D eigenvalue weighted by molar-refractivity contribution is 5.48. The molecule has 2 N–H and O–H groups in total. The van der Waals surface area contributed by atoms with Crippen molar-refractivity contribution in [3.63, 3.8) is 0 Å². The summed E-state index contributed by atoms with van der Waals surface area (Å²) in [5.74, 6) is 0.816. The van der Waals surface area contributed by atoms with Crippen molar-refractivity contribution in [2.45, 2.75) is 32.9 Å². The number of hydrogen-bond acceptors (Lipinski definition) is 3. The van der Waals surface area contributed by atoms with Crippen LogP contribution in [-0.2, 0) is 13.6 Å². The van der Waals surface area contributed by atoms with Crippen LogP contribution in [0.2, 0.25) is 0 Å². The van der Waals surface area contributed by atoms with E-state index in [1.165, 1.54) is 0 Å². The zero-order valence-electron chi connectivity index (χ0n) is 10.8. The Labute approximate surface area is 101 Å². The smallest absolute Gasteiger partial charge is 0.158 e. The first kappa shape index (κ1) is 11.9. The van der Waals surface area contributed by atoms with E-state index in [0.29, 0.717) is 0 Å². The van der Waals surface area contributed by atoms with Crippen LogP contribution < -0.4 is 5.32 Å². The van der Waals surface area contributed by atoms with Gasteiger partial charge in [0.15, 0.2) is 5.82 Å². The molecular weight excluding hydrogens is 214 g/mol. The molecule has 2 aromatic rings. The Balaban J connectivity index is 2.06. The van der Waals surface area contributed by atoms with Crippen molar-refractivity contribution in [3.05, 3.63) is 24.2 Å². The summed E-state index contributed by atoms with van der Waals surface area (Å²) in [6, 6.07) is 1.94. The molecule has 0 atom stereocenters. The molecule has 0 aromatic carbocycles. The molecule has 0 radical (unpaired) electrons. The van der Waals surface area contributed by atoms with Gasteiger partial charge in [-0.05, 0) is 26.8 Å². The molecule has 0 aliphatic rings. The highest BCUT2D eigenvalue weighted by atomic mass is 15.3. The summed E-state index contributed by atoms with van der Waals surface area (Å²) >= 11 is 0. The third kappa shape index (κ3) is 3.17. The number of imidazole rings is 1. The molecular formula is C12H19N5. The van der Waals surface area contributed by atoms with Gasteiger partial charge in [-0.3, -0.25) is 4.68 Å². The molecule has 92 valence electrons. The number of aromatic amines is 1. The number of hydrogen-bond donors (Lipinski definition) is 2. The van der Waals surface area contributed by atoms with Gasteiger partial charge in [-0.15, -0.1) is 0 Å². The van der Waals surface area contributed by atoms with E-state index < -0.39 is 0 Å². The minimum Gasteiger partial charge on any atom is -0.339 e. The summed E-state index contributed by atoms with van der Waals surface area (Å²) in [6.07, 6.45) is 3.76. The van der Waals surface area contributed by atoms with Crippen LogP contribution in [0.3, 0.4) is 0 Å². The van der Waals surface area contributed by atoms with Crippen LogP contribution in [0.15, 0.2) is 18.5 Å². The van der Waals surface area contributed by atoms with E-state index in [2.05, 4.69) is 41.2 Å². The molecule has 2 aromatic heterocycles. The number of H-pyrrole nitrogens is 1. The fraction of sp³-hybridized carbons (Fsp3) is 0.500. The minimum absolute atomic E-state index is 0.107. The maximum atomic E-state index is 4.33. The zero-order chi connectivity index (χ0) is 12.5. The largest absolute Gasteiger partial charge is 0.339 e. The summed E-state index contributed by atoms with van der Waals surface area (Å²) in [5, 5.41) is 7.72. The van der Waals surface area contributed by atoms with Crippen LogP contribution in [0, 0.1) is 0 Å². The Morgan fingerprint density at radius 1 is 1.41 bits per heavy atom. The van der Waals surface area contributed by atoms with Crippen molar-refractivity contribution in [2.75, 3.05) is 0 Å². The van der Waals surface area contributed by atoms with Crippen molar-refractivity contribution in [1.29, 1.82) is 0 Å². The van der Waals surface area contributed by atoms with Crippen molar-refractivity contribution < 1.29 is 0 Å². The number of nitrogens with one attached hydrogen (secondary N) is 2. The molecule has 17 heavy (non-hydrogen) atoms. The van der Waals surface area contributed by atoms with Gasteiger partial charge in [0.2, 0.25) is 0 Å². The standard InChI is InChI=1S/C12H19N5/c1-12(2,3)14-8-9-7-13-11(15-9)10-5-6-17(4)16-10/h5-7,14H,8H2,1-4H3,(H,13,15). The summed E-state index contributed by atoms with van der Waals surface area (Å²) in [6.45, 7) is 7.21. The van der Waals surface area contributed by atoms with Gasteiger partial charge in [-0.25, -0.2) is 4.98 Å². The van der Waals surface area contributed by atoms with E-state index in [1.807, 2.05) is 25.5 Å². The lowest BCUT2D eigenvalue weighted by Gasteiger charge is -2.19. The van der Waals surface area contributed by atoms with E-state index >= 15 is 0 Å². The molecule has 0 bridgehead atoms. The van der Waals surface area contributed by atoms with Gasteiger partial charge >= 0.3 is 0 Å². The van der Waals surface area contributed by atoms with Gasteiger partial charge in [0, 0.05) is 31.0 Å². The monoisotopic (exact) mass is 233 g/mol. The SMILES string of the molecule is Cn1ccc(-c2ncc(CNC(C)(C)C)[nH]2)n1. The summed E-state index contributed by atoms with van der Waals surface area (Å²) < 4.78 is 1.77. The average molecular weight is 233 g/mol. The molecule has 0 spiro atoms. The van der Waals surface area contributed by atoms with E-state index in [4.69, 9.17) is 0 Å². The van der Waals surface area contributed by atoms with Crippen LogP contribution in [0.1, 0.15) is 26.5 Å². The molecule has 2 rings (SSSR count). The van der Waals surface area contributed by atoms with Crippen LogP contribution in [0.4, 0.5) is 0 Å². The van der Waals surface area contributed by atoms with Gasteiger partial charge in [0.25, 0.3) is 0 Å². The fourth-order valence-corrected chi connectivity index (χ4v) is 1.48. The lowest BCUT2D eigenvalue weighted by atomic mass is 10.1. The van der Waals surface area contributed by atoms with Crippen molar-refractivity contribution in [2.24, 2.45) is 7.05 Å². The topological polar surface area (TPSA) is 58.5 Å². The lowest BCUT2D eigenvalue weighted by molar-refractivity contribution is 0.422. The molecule has 5 nitrogen and oxygen atoms in total. The van der Waals surface area contributed by atoms with Crippen LogP contribution in [0.5, 0.6) is 0 Å². The highest BCUT2D eigenvalue weighted by Gasteiger charge is 2.10.